The van der Waals surface area contributed by atoms with Gasteiger partial charge in [-0.3, -0.25) is 9.89 Å². The molecule has 0 spiro atoms. The SMILES string of the molecule is CC(=O)c1cc[nH]n1.N. The van der Waals surface area contributed by atoms with E-state index in [0.29, 0.717) is 5.69 Å². The van der Waals surface area contributed by atoms with E-state index in [1.807, 2.05) is 0 Å². The van der Waals surface area contributed by atoms with Crippen LogP contribution in [0.15, 0.2) is 12.3 Å². The summed E-state index contributed by atoms with van der Waals surface area (Å²) in [5, 5.41) is 6.18. The molecule has 0 bridgehead atoms. The van der Waals surface area contributed by atoms with Crippen LogP contribution in [0.4, 0.5) is 0 Å². The maximum absolute atomic E-state index is 10.4. The average Bonchev–Trinajstić information content (AvgIpc) is 2.12. The molecular weight excluding hydrogens is 118 g/mol. The summed E-state index contributed by atoms with van der Waals surface area (Å²) in [5.41, 5.74) is 0.491. The van der Waals surface area contributed by atoms with Crippen LogP contribution in [-0.4, -0.2) is 16.0 Å². The molecule has 0 aromatic carbocycles. The second-order valence-electron chi connectivity index (χ2n) is 1.52. The molecule has 0 unspecified atom stereocenters. The molecule has 1 aromatic heterocycles. The molecule has 4 nitrogen and oxygen atoms in total. The third-order valence-electron chi connectivity index (χ3n) is 0.861. The lowest BCUT2D eigenvalue weighted by Gasteiger charge is -1.78. The number of ketones is 1. The molecule has 4 heteroatoms. The quantitative estimate of drug-likeness (QED) is 0.547. The van der Waals surface area contributed by atoms with E-state index in [-0.39, 0.29) is 11.9 Å². The second kappa shape index (κ2) is 2.99. The number of H-pyrrole nitrogens is 1. The average molecular weight is 127 g/mol. The second-order valence-corrected chi connectivity index (χ2v) is 1.52. The number of rotatable bonds is 1. The van der Waals surface area contributed by atoms with E-state index >= 15 is 0 Å². The van der Waals surface area contributed by atoms with Crippen LogP contribution in [0.1, 0.15) is 17.4 Å². The van der Waals surface area contributed by atoms with Gasteiger partial charge in [-0.1, -0.05) is 0 Å². The fourth-order valence-electron chi connectivity index (χ4n) is 0.456. The molecule has 0 radical (unpaired) electrons. The molecule has 50 valence electrons. The first-order valence-corrected chi connectivity index (χ1v) is 2.31. The highest BCUT2D eigenvalue weighted by Crippen LogP contribution is 1.90. The minimum Gasteiger partial charge on any atom is -0.344 e. The summed E-state index contributed by atoms with van der Waals surface area (Å²) < 4.78 is 0. The van der Waals surface area contributed by atoms with Gasteiger partial charge in [0, 0.05) is 13.1 Å². The van der Waals surface area contributed by atoms with E-state index in [4.69, 9.17) is 0 Å². The van der Waals surface area contributed by atoms with E-state index in [0.717, 1.165) is 0 Å². The Labute approximate surface area is 52.9 Å². The van der Waals surface area contributed by atoms with Gasteiger partial charge >= 0.3 is 0 Å². The first kappa shape index (κ1) is 7.84. The van der Waals surface area contributed by atoms with Crippen molar-refractivity contribution < 1.29 is 4.79 Å². The summed E-state index contributed by atoms with van der Waals surface area (Å²) in [7, 11) is 0. The van der Waals surface area contributed by atoms with Gasteiger partial charge in [0.15, 0.2) is 5.78 Å². The van der Waals surface area contributed by atoms with Crippen molar-refractivity contribution in [2.45, 2.75) is 6.92 Å². The van der Waals surface area contributed by atoms with Crippen molar-refractivity contribution in [2.75, 3.05) is 0 Å². The third-order valence-corrected chi connectivity index (χ3v) is 0.861. The molecule has 1 heterocycles. The van der Waals surface area contributed by atoms with Crippen molar-refractivity contribution in [3.8, 4) is 0 Å². The van der Waals surface area contributed by atoms with Crippen LogP contribution in [0.3, 0.4) is 0 Å². The van der Waals surface area contributed by atoms with Gasteiger partial charge in [-0.2, -0.15) is 5.10 Å². The van der Waals surface area contributed by atoms with Crippen molar-refractivity contribution in [3.63, 3.8) is 0 Å². The Kier molecular flexibility index (Phi) is 2.60. The van der Waals surface area contributed by atoms with E-state index in [1.165, 1.54) is 6.92 Å². The van der Waals surface area contributed by atoms with Crippen molar-refractivity contribution in [1.82, 2.24) is 16.3 Å². The molecule has 0 saturated heterocycles. The summed E-state index contributed by atoms with van der Waals surface area (Å²) in [4.78, 5) is 10.4. The van der Waals surface area contributed by atoms with Gasteiger partial charge in [-0.05, 0) is 6.07 Å². The fourth-order valence-corrected chi connectivity index (χ4v) is 0.456. The van der Waals surface area contributed by atoms with Crippen molar-refractivity contribution in [2.24, 2.45) is 0 Å². The molecule has 0 atom stereocenters. The van der Waals surface area contributed by atoms with E-state index < -0.39 is 0 Å². The number of Topliss-reactive ketones (excluding diaryl/α,β-unsaturated/α-hetero) is 1. The normalized spacial score (nSPS) is 8.11. The molecule has 0 aliphatic carbocycles. The van der Waals surface area contributed by atoms with Crippen LogP contribution >= 0.6 is 0 Å². The molecular formula is C5H9N3O. The standard InChI is InChI=1S/C5H6N2O.H3N/c1-4(8)5-2-3-6-7-5;/h2-3H,1H3,(H,6,7);1H3. The predicted molar refractivity (Wildman–Crippen MR) is 33.6 cm³/mol. The molecule has 1 aromatic rings. The number of carbonyl (C=O) groups is 1. The third kappa shape index (κ3) is 1.65. The molecule has 0 amide bonds. The highest BCUT2D eigenvalue weighted by molar-refractivity contribution is 5.91. The zero-order valence-corrected chi connectivity index (χ0v) is 5.22. The summed E-state index contributed by atoms with van der Waals surface area (Å²) in [5.74, 6) is -0.00810. The van der Waals surface area contributed by atoms with Crippen LogP contribution in [0.2, 0.25) is 0 Å². The molecule has 9 heavy (non-hydrogen) atoms. The van der Waals surface area contributed by atoms with Crippen LogP contribution < -0.4 is 6.15 Å². The van der Waals surface area contributed by atoms with E-state index in [1.54, 1.807) is 12.3 Å². The van der Waals surface area contributed by atoms with Gasteiger partial charge in [-0.15, -0.1) is 0 Å². The van der Waals surface area contributed by atoms with Crippen molar-refractivity contribution >= 4 is 5.78 Å². The molecule has 0 saturated carbocycles. The molecule has 0 aliphatic heterocycles. The Morgan fingerprint density at radius 2 is 2.44 bits per heavy atom. The Balaban J connectivity index is 0.000000640. The van der Waals surface area contributed by atoms with Crippen LogP contribution in [0.5, 0.6) is 0 Å². The van der Waals surface area contributed by atoms with Gasteiger partial charge < -0.3 is 6.15 Å². The number of nitrogens with one attached hydrogen (secondary N) is 1. The van der Waals surface area contributed by atoms with Crippen LogP contribution in [-0.2, 0) is 0 Å². The van der Waals surface area contributed by atoms with Gasteiger partial charge in [0.25, 0.3) is 0 Å². The summed E-state index contributed by atoms with van der Waals surface area (Å²) >= 11 is 0. The largest absolute Gasteiger partial charge is 0.344 e. The lowest BCUT2D eigenvalue weighted by atomic mass is 10.3. The van der Waals surface area contributed by atoms with Gasteiger partial charge in [0.2, 0.25) is 0 Å². The van der Waals surface area contributed by atoms with E-state index in [9.17, 15) is 4.79 Å². The van der Waals surface area contributed by atoms with Gasteiger partial charge in [0.05, 0.1) is 0 Å². The maximum Gasteiger partial charge on any atom is 0.179 e. The number of aromatic amines is 1. The highest BCUT2D eigenvalue weighted by Gasteiger charge is 1.96. The van der Waals surface area contributed by atoms with Crippen molar-refractivity contribution in [1.29, 1.82) is 0 Å². The minimum atomic E-state index is -0.00810. The first-order valence-electron chi connectivity index (χ1n) is 2.31. The minimum absolute atomic E-state index is 0. The number of carbonyl (C=O) groups excluding carboxylic acids is 1. The Hall–Kier alpha value is -1.16. The van der Waals surface area contributed by atoms with Crippen molar-refractivity contribution in [3.05, 3.63) is 18.0 Å². The number of nitrogens with zero attached hydrogens (tertiary/aromatic N) is 1. The van der Waals surface area contributed by atoms with Crippen LogP contribution in [0.25, 0.3) is 0 Å². The maximum atomic E-state index is 10.4. The first-order chi connectivity index (χ1) is 3.80. The zero-order valence-electron chi connectivity index (χ0n) is 5.22. The lowest BCUT2D eigenvalue weighted by Crippen LogP contribution is -1.90. The monoisotopic (exact) mass is 127 g/mol. The predicted octanol–water partition coefficient (Wildman–Crippen LogP) is 0.774. The lowest BCUT2D eigenvalue weighted by molar-refractivity contribution is 0.101. The Morgan fingerprint density at radius 3 is 2.67 bits per heavy atom. The summed E-state index contributed by atoms with van der Waals surface area (Å²) in [6.07, 6.45) is 1.62. The molecule has 0 aliphatic rings. The molecule has 4 N–H and O–H groups in total. The topological polar surface area (TPSA) is 80.8 Å². The summed E-state index contributed by atoms with van der Waals surface area (Å²) in [6, 6.07) is 1.64. The number of hydrogen-bond acceptors (Lipinski definition) is 3. The van der Waals surface area contributed by atoms with Gasteiger partial charge in [-0.25, -0.2) is 0 Å². The smallest absolute Gasteiger partial charge is 0.179 e. The highest BCUT2D eigenvalue weighted by atomic mass is 16.1. The zero-order chi connectivity index (χ0) is 5.98. The fraction of sp³-hybridized carbons (Fsp3) is 0.200. The molecule has 1 rings (SSSR count). The number of hydrogen-bond donors (Lipinski definition) is 2. The number of aromatic nitrogens is 2. The van der Waals surface area contributed by atoms with Crippen LogP contribution in [0, 0.1) is 0 Å². The summed E-state index contributed by atoms with van der Waals surface area (Å²) in [6.45, 7) is 1.48. The van der Waals surface area contributed by atoms with Gasteiger partial charge in [0.1, 0.15) is 5.69 Å². The molecule has 0 fully saturated rings. The Morgan fingerprint density at radius 1 is 1.78 bits per heavy atom. The Bertz CT molecular complexity index is 180. The van der Waals surface area contributed by atoms with E-state index in [2.05, 4.69) is 10.2 Å².